The first-order valence-electron chi connectivity index (χ1n) is 6.48. The number of rotatable bonds is 2. The summed E-state index contributed by atoms with van der Waals surface area (Å²) < 4.78 is 0. The van der Waals surface area contributed by atoms with Gasteiger partial charge in [0.25, 0.3) is 0 Å². The third-order valence-corrected chi connectivity index (χ3v) is 3.34. The Bertz CT molecular complexity index is 718. The van der Waals surface area contributed by atoms with Crippen LogP contribution in [0.3, 0.4) is 0 Å². The molecule has 98 valence electrons. The Balaban J connectivity index is 2.10. The minimum atomic E-state index is 0.256. The van der Waals surface area contributed by atoms with Gasteiger partial charge in [-0.15, -0.1) is 0 Å². The summed E-state index contributed by atoms with van der Waals surface area (Å²) >= 11 is 0. The van der Waals surface area contributed by atoms with Gasteiger partial charge in [0.1, 0.15) is 5.75 Å². The summed E-state index contributed by atoms with van der Waals surface area (Å²) in [5.74, 6) is 0.256. The van der Waals surface area contributed by atoms with E-state index in [9.17, 15) is 5.11 Å². The second-order valence-corrected chi connectivity index (χ2v) is 4.71. The van der Waals surface area contributed by atoms with Crippen molar-refractivity contribution in [2.24, 2.45) is 0 Å². The second kappa shape index (κ2) is 5.10. The normalized spacial score (nSPS) is 10.4. The number of phenols is 1. The van der Waals surface area contributed by atoms with Gasteiger partial charge in [-0.25, -0.2) is 0 Å². The molecule has 20 heavy (non-hydrogen) atoms. The van der Waals surface area contributed by atoms with Crippen molar-refractivity contribution >= 4 is 5.69 Å². The average Bonchev–Trinajstić information content (AvgIpc) is 2.50. The van der Waals surface area contributed by atoms with Crippen LogP contribution in [-0.2, 0) is 0 Å². The maximum atomic E-state index is 9.37. The fourth-order valence-corrected chi connectivity index (χ4v) is 2.26. The van der Waals surface area contributed by atoms with Crippen molar-refractivity contribution in [1.29, 1.82) is 0 Å². The molecular formula is C18H15NO. The number of anilines is 1. The Morgan fingerprint density at radius 2 is 1.30 bits per heavy atom. The molecule has 0 aliphatic carbocycles. The van der Waals surface area contributed by atoms with Crippen molar-refractivity contribution < 1.29 is 5.11 Å². The third kappa shape index (κ3) is 2.36. The molecule has 0 amide bonds. The Kier molecular flexibility index (Phi) is 3.13. The maximum absolute atomic E-state index is 9.37. The number of nitrogens with two attached hydrogens (primary N) is 1. The van der Waals surface area contributed by atoms with Crippen LogP contribution in [0.25, 0.3) is 22.3 Å². The molecule has 2 nitrogen and oxygen atoms in total. The SMILES string of the molecule is Nc1ccc(-c2ccccc2)cc1-c1ccc(O)cc1. The molecule has 0 spiro atoms. The van der Waals surface area contributed by atoms with E-state index >= 15 is 0 Å². The summed E-state index contributed by atoms with van der Waals surface area (Å²) in [5.41, 5.74) is 11.1. The molecule has 0 radical (unpaired) electrons. The monoisotopic (exact) mass is 261 g/mol. The highest BCUT2D eigenvalue weighted by atomic mass is 16.3. The Morgan fingerprint density at radius 1 is 0.650 bits per heavy atom. The predicted octanol–water partition coefficient (Wildman–Crippen LogP) is 4.31. The van der Waals surface area contributed by atoms with E-state index in [1.807, 2.05) is 42.5 Å². The molecule has 0 saturated heterocycles. The fraction of sp³-hybridized carbons (Fsp3) is 0. The molecule has 3 aromatic rings. The van der Waals surface area contributed by atoms with E-state index in [0.717, 1.165) is 27.9 Å². The second-order valence-electron chi connectivity index (χ2n) is 4.71. The highest BCUT2D eigenvalue weighted by molar-refractivity contribution is 5.82. The lowest BCUT2D eigenvalue weighted by molar-refractivity contribution is 0.475. The summed E-state index contributed by atoms with van der Waals surface area (Å²) in [6, 6.07) is 23.3. The van der Waals surface area contributed by atoms with E-state index in [1.165, 1.54) is 0 Å². The van der Waals surface area contributed by atoms with Crippen LogP contribution in [0.4, 0.5) is 5.69 Å². The Morgan fingerprint density at radius 3 is 2.00 bits per heavy atom. The van der Waals surface area contributed by atoms with Crippen LogP contribution >= 0.6 is 0 Å². The van der Waals surface area contributed by atoms with Crippen molar-refractivity contribution in [2.45, 2.75) is 0 Å². The Hall–Kier alpha value is -2.74. The van der Waals surface area contributed by atoms with Gasteiger partial charge >= 0.3 is 0 Å². The summed E-state index contributed by atoms with van der Waals surface area (Å²) in [6.45, 7) is 0. The molecular weight excluding hydrogens is 246 g/mol. The smallest absolute Gasteiger partial charge is 0.115 e. The molecule has 0 saturated carbocycles. The summed E-state index contributed by atoms with van der Waals surface area (Å²) in [6.07, 6.45) is 0. The first-order chi connectivity index (χ1) is 9.74. The fourth-order valence-electron chi connectivity index (χ4n) is 2.26. The molecule has 3 rings (SSSR count). The molecule has 0 bridgehead atoms. The molecule has 0 atom stereocenters. The van der Waals surface area contributed by atoms with E-state index in [0.29, 0.717) is 0 Å². The molecule has 0 aromatic heterocycles. The van der Waals surface area contributed by atoms with Crippen molar-refractivity contribution in [3.05, 3.63) is 72.8 Å². The van der Waals surface area contributed by atoms with Crippen LogP contribution in [-0.4, -0.2) is 5.11 Å². The van der Waals surface area contributed by atoms with Crippen LogP contribution in [0.1, 0.15) is 0 Å². The molecule has 3 N–H and O–H groups in total. The Labute approximate surface area is 118 Å². The molecule has 0 unspecified atom stereocenters. The summed E-state index contributed by atoms with van der Waals surface area (Å²) in [5, 5.41) is 9.37. The topological polar surface area (TPSA) is 46.2 Å². The van der Waals surface area contributed by atoms with Gasteiger partial charge in [0, 0.05) is 11.3 Å². The van der Waals surface area contributed by atoms with Crippen LogP contribution in [0, 0.1) is 0 Å². The van der Waals surface area contributed by atoms with Crippen molar-refractivity contribution in [3.8, 4) is 28.0 Å². The van der Waals surface area contributed by atoms with E-state index in [2.05, 4.69) is 18.2 Å². The molecule has 0 fully saturated rings. The molecule has 2 heteroatoms. The van der Waals surface area contributed by atoms with E-state index in [1.54, 1.807) is 12.1 Å². The van der Waals surface area contributed by atoms with E-state index < -0.39 is 0 Å². The molecule has 0 aliphatic heterocycles. The lowest BCUT2D eigenvalue weighted by Gasteiger charge is -2.09. The van der Waals surface area contributed by atoms with Crippen LogP contribution in [0.15, 0.2) is 72.8 Å². The lowest BCUT2D eigenvalue weighted by Crippen LogP contribution is -1.91. The number of aromatic hydroxyl groups is 1. The van der Waals surface area contributed by atoms with Gasteiger partial charge in [-0.3, -0.25) is 0 Å². The number of phenolic OH excluding ortho intramolecular Hbond substituents is 1. The first-order valence-corrected chi connectivity index (χ1v) is 6.48. The largest absolute Gasteiger partial charge is 0.508 e. The zero-order valence-corrected chi connectivity index (χ0v) is 11.0. The minimum absolute atomic E-state index is 0.256. The molecule has 0 heterocycles. The third-order valence-electron chi connectivity index (χ3n) is 3.34. The van der Waals surface area contributed by atoms with Gasteiger partial charge in [0.15, 0.2) is 0 Å². The van der Waals surface area contributed by atoms with Crippen molar-refractivity contribution in [3.63, 3.8) is 0 Å². The summed E-state index contributed by atoms with van der Waals surface area (Å²) in [4.78, 5) is 0. The predicted molar refractivity (Wildman–Crippen MR) is 83.4 cm³/mol. The molecule has 0 aliphatic rings. The van der Waals surface area contributed by atoms with Gasteiger partial charge in [0.05, 0.1) is 0 Å². The van der Waals surface area contributed by atoms with Crippen LogP contribution in [0.2, 0.25) is 0 Å². The molecule has 3 aromatic carbocycles. The number of benzene rings is 3. The quantitative estimate of drug-likeness (QED) is 0.675. The van der Waals surface area contributed by atoms with Gasteiger partial charge in [-0.1, -0.05) is 48.5 Å². The van der Waals surface area contributed by atoms with E-state index in [-0.39, 0.29) is 5.75 Å². The van der Waals surface area contributed by atoms with Crippen molar-refractivity contribution in [2.75, 3.05) is 5.73 Å². The first kappa shape index (κ1) is 12.3. The highest BCUT2D eigenvalue weighted by Gasteiger charge is 2.05. The van der Waals surface area contributed by atoms with Crippen LogP contribution in [0.5, 0.6) is 5.75 Å². The highest BCUT2D eigenvalue weighted by Crippen LogP contribution is 2.31. The zero-order chi connectivity index (χ0) is 13.9. The average molecular weight is 261 g/mol. The van der Waals surface area contributed by atoms with Gasteiger partial charge < -0.3 is 10.8 Å². The van der Waals surface area contributed by atoms with Gasteiger partial charge in [0.2, 0.25) is 0 Å². The lowest BCUT2D eigenvalue weighted by atomic mass is 9.97. The summed E-state index contributed by atoms with van der Waals surface area (Å²) in [7, 11) is 0. The van der Waals surface area contributed by atoms with Gasteiger partial charge in [-0.05, 0) is 41.0 Å². The maximum Gasteiger partial charge on any atom is 0.115 e. The zero-order valence-electron chi connectivity index (χ0n) is 11.0. The number of hydrogen-bond donors (Lipinski definition) is 2. The van der Waals surface area contributed by atoms with Gasteiger partial charge in [-0.2, -0.15) is 0 Å². The van der Waals surface area contributed by atoms with Crippen LogP contribution < -0.4 is 5.73 Å². The minimum Gasteiger partial charge on any atom is -0.508 e. The number of nitrogen functional groups attached to an aromatic ring is 1. The van der Waals surface area contributed by atoms with Crippen molar-refractivity contribution in [1.82, 2.24) is 0 Å². The number of hydrogen-bond acceptors (Lipinski definition) is 2. The standard InChI is InChI=1S/C18H15NO/c19-18-11-8-15(13-4-2-1-3-5-13)12-17(18)14-6-9-16(20)10-7-14/h1-12,20H,19H2. The van der Waals surface area contributed by atoms with E-state index in [4.69, 9.17) is 5.73 Å².